The van der Waals surface area contributed by atoms with E-state index >= 15 is 0 Å². The third-order valence-corrected chi connectivity index (χ3v) is 9.02. The minimum absolute atomic E-state index is 0.0611. The normalized spacial score (nSPS) is 19.7. The number of amides is 1. The Morgan fingerprint density at radius 1 is 1.13 bits per heavy atom. The Labute approximate surface area is 220 Å². The van der Waals surface area contributed by atoms with Gasteiger partial charge in [0.2, 0.25) is 15.9 Å². The molecule has 2 aliphatic rings. The van der Waals surface area contributed by atoms with E-state index in [9.17, 15) is 26.8 Å². The molecule has 1 amide bonds. The highest BCUT2D eigenvalue weighted by molar-refractivity contribution is 7.89. The van der Waals surface area contributed by atoms with Gasteiger partial charge in [0.05, 0.1) is 12.5 Å². The molecule has 2 fully saturated rings. The number of hydrogen-bond acceptors (Lipinski definition) is 7. The predicted molar refractivity (Wildman–Crippen MR) is 134 cm³/mol. The van der Waals surface area contributed by atoms with E-state index in [1.54, 1.807) is 11.8 Å². The molecule has 0 saturated carbocycles. The van der Waals surface area contributed by atoms with E-state index in [0.29, 0.717) is 45.4 Å². The van der Waals surface area contributed by atoms with E-state index in [4.69, 9.17) is 9.26 Å². The van der Waals surface area contributed by atoms with Crippen molar-refractivity contribution < 1.29 is 36.0 Å². The van der Waals surface area contributed by atoms with Crippen LogP contribution in [0.2, 0.25) is 0 Å². The molecule has 0 bridgehead atoms. The van der Waals surface area contributed by atoms with Crippen molar-refractivity contribution in [3.8, 4) is 0 Å². The first-order chi connectivity index (χ1) is 18.1. The zero-order valence-corrected chi connectivity index (χ0v) is 22.2. The second-order valence-corrected chi connectivity index (χ2v) is 11.4. The van der Waals surface area contributed by atoms with Gasteiger partial charge in [-0.1, -0.05) is 5.16 Å². The highest BCUT2D eigenvalue weighted by Gasteiger charge is 2.38. The average molecular weight is 552 g/mol. The molecular formula is C26H31F2N3O6S. The van der Waals surface area contributed by atoms with Crippen molar-refractivity contribution in [1.82, 2.24) is 14.4 Å². The van der Waals surface area contributed by atoms with Gasteiger partial charge in [-0.15, -0.1) is 0 Å². The standard InChI is InChI=1S/C26H31F2N3O6S/c1-3-36-26(33)20-5-4-12-30(16-20)25(32)19-10-13-31(14-11-19)38(34,35)24-17(2)29-37-23(24)9-7-18-6-8-21(27)15-22(18)28/h6-9,15,19-20H,3-5,10-14,16H2,1-2H3/b9-7+. The monoisotopic (exact) mass is 551 g/mol. The first-order valence-corrected chi connectivity index (χ1v) is 14.1. The van der Waals surface area contributed by atoms with E-state index < -0.39 is 21.7 Å². The summed E-state index contributed by atoms with van der Waals surface area (Å²) in [4.78, 5) is 26.9. The maximum Gasteiger partial charge on any atom is 0.310 e. The largest absolute Gasteiger partial charge is 0.466 e. The van der Waals surface area contributed by atoms with E-state index in [1.807, 2.05) is 0 Å². The molecule has 1 atom stereocenters. The van der Waals surface area contributed by atoms with Gasteiger partial charge in [-0.2, -0.15) is 4.31 Å². The molecular weight excluding hydrogens is 520 g/mol. The van der Waals surface area contributed by atoms with Gasteiger partial charge in [0.1, 0.15) is 17.3 Å². The molecule has 206 valence electrons. The fourth-order valence-electron chi connectivity index (χ4n) is 4.96. The summed E-state index contributed by atoms with van der Waals surface area (Å²) in [6.45, 7) is 4.69. The molecule has 2 aromatic rings. The molecule has 9 nitrogen and oxygen atoms in total. The number of hydrogen-bond donors (Lipinski definition) is 0. The topological polar surface area (TPSA) is 110 Å². The fraction of sp³-hybridized carbons (Fsp3) is 0.500. The molecule has 2 saturated heterocycles. The fourth-order valence-corrected chi connectivity index (χ4v) is 6.68. The third kappa shape index (κ3) is 5.96. The van der Waals surface area contributed by atoms with E-state index in [2.05, 4.69) is 5.16 Å². The van der Waals surface area contributed by atoms with Crippen molar-refractivity contribution in [1.29, 1.82) is 0 Å². The summed E-state index contributed by atoms with van der Waals surface area (Å²) in [6.07, 6.45) is 4.66. The molecule has 0 aliphatic carbocycles. The van der Waals surface area contributed by atoms with Crippen molar-refractivity contribution in [3.63, 3.8) is 0 Å². The number of carbonyl (C=O) groups is 2. The third-order valence-electron chi connectivity index (χ3n) is 6.96. The summed E-state index contributed by atoms with van der Waals surface area (Å²) in [5.41, 5.74) is 0.215. The van der Waals surface area contributed by atoms with Crippen LogP contribution in [0.15, 0.2) is 27.6 Å². The predicted octanol–water partition coefficient (Wildman–Crippen LogP) is 3.63. The van der Waals surface area contributed by atoms with Crippen LogP contribution in [0.5, 0.6) is 0 Å². The van der Waals surface area contributed by atoms with Gasteiger partial charge in [0, 0.05) is 43.7 Å². The molecule has 1 aromatic heterocycles. The number of piperidine rings is 2. The lowest BCUT2D eigenvalue weighted by atomic mass is 9.93. The molecule has 12 heteroatoms. The number of aryl methyl sites for hydroxylation is 1. The summed E-state index contributed by atoms with van der Waals surface area (Å²) < 4.78 is 65.8. The number of esters is 1. The number of nitrogens with zero attached hydrogens (tertiary/aromatic N) is 3. The molecule has 1 unspecified atom stereocenters. The number of sulfonamides is 1. The van der Waals surface area contributed by atoms with Crippen molar-refractivity contribution in [2.24, 2.45) is 11.8 Å². The van der Waals surface area contributed by atoms with Crippen LogP contribution in [0.3, 0.4) is 0 Å². The zero-order valence-electron chi connectivity index (χ0n) is 21.4. The summed E-state index contributed by atoms with van der Waals surface area (Å²) in [7, 11) is -4.02. The van der Waals surface area contributed by atoms with Crippen LogP contribution in [0.25, 0.3) is 12.2 Å². The lowest BCUT2D eigenvalue weighted by Crippen LogP contribution is -2.48. The molecule has 38 heavy (non-hydrogen) atoms. The number of rotatable bonds is 7. The minimum atomic E-state index is -4.02. The van der Waals surface area contributed by atoms with Gasteiger partial charge in [-0.25, -0.2) is 17.2 Å². The Kier molecular flexibility index (Phi) is 8.61. The van der Waals surface area contributed by atoms with E-state index in [0.717, 1.165) is 12.1 Å². The average Bonchev–Trinajstić information content (AvgIpc) is 3.29. The van der Waals surface area contributed by atoms with Crippen LogP contribution in [-0.2, 0) is 24.3 Å². The minimum Gasteiger partial charge on any atom is -0.466 e. The highest BCUT2D eigenvalue weighted by atomic mass is 32.2. The summed E-state index contributed by atoms with van der Waals surface area (Å²) >= 11 is 0. The molecule has 0 radical (unpaired) electrons. The summed E-state index contributed by atoms with van der Waals surface area (Å²) in [6, 6.07) is 3.06. The van der Waals surface area contributed by atoms with Gasteiger partial charge in [0.25, 0.3) is 0 Å². The summed E-state index contributed by atoms with van der Waals surface area (Å²) in [5, 5.41) is 3.78. The second kappa shape index (κ2) is 11.7. The van der Waals surface area contributed by atoms with Crippen LogP contribution in [-0.4, -0.2) is 67.4 Å². The zero-order chi connectivity index (χ0) is 27.4. The quantitative estimate of drug-likeness (QED) is 0.484. The smallest absolute Gasteiger partial charge is 0.310 e. The van der Waals surface area contributed by atoms with Crippen molar-refractivity contribution in [2.45, 2.75) is 44.4 Å². The number of likely N-dealkylation sites (tertiary alicyclic amines) is 1. The van der Waals surface area contributed by atoms with Gasteiger partial charge < -0.3 is 14.2 Å². The van der Waals surface area contributed by atoms with Gasteiger partial charge in [0.15, 0.2) is 10.7 Å². The van der Waals surface area contributed by atoms with Crippen LogP contribution in [0.1, 0.15) is 49.6 Å². The summed E-state index contributed by atoms with van der Waals surface area (Å²) in [5.74, 6) is -2.62. The lowest BCUT2D eigenvalue weighted by Gasteiger charge is -2.36. The van der Waals surface area contributed by atoms with E-state index in [-0.39, 0.29) is 58.7 Å². The van der Waals surface area contributed by atoms with E-state index in [1.165, 1.54) is 29.4 Å². The molecule has 0 N–H and O–H groups in total. The lowest BCUT2D eigenvalue weighted by molar-refractivity contribution is -0.152. The molecule has 3 heterocycles. The van der Waals surface area contributed by atoms with Crippen LogP contribution < -0.4 is 0 Å². The number of benzene rings is 1. The molecule has 0 spiro atoms. The Morgan fingerprint density at radius 3 is 2.55 bits per heavy atom. The second-order valence-electron chi connectivity index (χ2n) is 9.51. The Morgan fingerprint density at radius 2 is 1.87 bits per heavy atom. The first-order valence-electron chi connectivity index (χ1n) is 12.7. The number of carbonyl (C=O) groups excluding carboxylic acids is 2. The van der Waals surface area contributed by atoms with Crippen molar-refractivity contribution in [3.05, 3.63) is 46.9 Å². The Balaban J connectivity index is 1.42. The first kappa shape index (κ1) is 27.9. The Bertz CT molecular complexity index is 1320. The maximum atomic E-state index is 14.0. The molecule has 2 aliphatic heterocycles. The number of ether oxygens (including phenoxy) is 1. The van der Waals surface area contributed by atoms with Crippen LogP contribution in [0.4, 0.5) is 8.78 Å². The van der Waals surface area contributed by atoms with Crippen LogP contribution in [0, 0.1) is 30.4 Å². The van der Waals surface area contributed by atoms with Crippen LogP contribution >= 0.6 is 0 Å². The SMILES string of the molecule is CCOC(=O)C1CCCN(C(=O)C2CCN(S(=O)(=O)c3c(C)noc3/C=C/c3ccc(F)cc3F)CC2)C1. The van der Waals surface area contributed by atoms with Gasteiger partial charge >= 0.3 is 5.97 Å². The number of halogens is 2. The van der Waals surface area contributed by atoms with Gasteiger partial charge in [-0.3, -0.25) is 9.59 Å². The molecule has 4 rings (SSSR count). The maximum absolute atomic E-state index is 14.0. The number of aromatic nitrogens is 1. The highest BCUT2D eigenvalue weighted by Crippen LogP contribution is 2.31. The Hall–Kier alpha value is -3.12. The van der Waals surface area contributed by atoms with Crippen molar-refractivity contribution >= 4 is 34.1 Å². The van der Waals surface area contributed by atoms with Crippen molar-refractivity contribution in [2.75, 3.05) is 32.8 Å². The molecule has 1 aromatic carbocycles. The van der Waals surface area contributed by atoms with Gasteiger partial charge in [-0.05, 0) is 63.8 Å².